The molecule has 0 bridgehead atoms. The van der Waals surface area contributed by atoms with Crippen molar-refractivity contribution in [3.8, 4) is 0 Å². The lowest BCUT2D eigenvalue weighted by molar-refractivity contribution is -0.125. The van der Waals surface area contributed by atoms with Crippen LogP contribution in [0.4, 0.5) is 10.5 Å². The number of hydrogen-bond donors (Lipinski definition) is 1. The van der Waals surface area contributed by atoms with Gasteiger partial charge in [-0.05, 0) is 75.9 Å². The zero-order valence-corrected chi connectivity index (χ0v) is 16.4. The monoisotopic (exact) mass is 370 g/mol. The Morgan fingerprint density at radius 1 is 1.15 bits per heavy atom. The number of carbonyl (C=O) groups excluding carboxylic acids is 2. The van der Waals surface area contributed by atoms with Gasteiger partial charge in [0, 0.05) is 12.2 Å². The van der Waals surface area contributed by atoms with E-state index in [9.17, 15) is 9.59 Å². The SMILES string of the molecule is CN(C)CCC1(c2ccc(N3C[C@@]4(C(N)=O)CCCN4C3=O)cc2)CCC1. The number of rotatable bonds is 6. The Bertz CT molecular complexity index is 741. The average Bonchev–Trinajstić information content (AvgIpc) is 3.14. The topological polar surface area (TPSA) is 69.9 Å². The van der Waals surface area contributed by atoms with Gasteiger partial charge in [0.25, 0.3) is 0 Å². The van der Waals surface area contributed by atoms with E-state index >= 15 is 0 Å². The Morgan fingerprint density at radius 3 is 2.37 bits per heavy atom. The van der Waals surface area contributed by atoms with E-state index < -0.39 is 5.54 Å². The van der Waals surface area contributed by atoms with Crippen molar-refractivity contribution >= 4 is 17.6 Å². The third-order valence-corrected chi connectivity index (χ3v) is 6.97. The van der Waals surface area contributed by atoms with E-state index in [1.165, 1.54) is 31.2 Å². The molecule has 6 nitrogen and oxygen atoms in total. The quantitative estimate of drug-likeness (QED) is 0.835. The lowest BCUT2D eigenvalue weighted by atomic mass is 9.62. The van der Waals surface area contributed by atoms with E-state index in [4.69, 9.17) is 5.73 Å². The highest BCUT2D eigenvalue weighted by atomic mass is 16.2. The fourth-order valence-corrected chi connectivity index (χ4v) is 5.05. The minimum atomic E-state index is -0.823. The van der Waals surface area contributed by atoms with Crippen molar-refractivity contribution < 1.29 is 9.59 Å². The van der Waals surface area contributed by atoms with E-state index in [1.54, 1.807) is 9.80 Å². The van der Waals surface area contributed by atoms with E-state index in [2.05, 4.69) is 31.1 Å². The summed E-state index contributed by atoms with van der Waals surface area (Å²) in [6.07, 6.45) is 6.44. The van der Waals surface area contributed by atoms with Crippen molar-refractivity contribution in [3.05, 3.63) is 29.8 Å². The number of anilines is 1. The molecule has 0 radical (unpaired) electrons. The molecule has 3 amide bonds. The summed E-state index contributed by atoms with van der Waals surface area (Å²) in [6.45, 7) is 2.07. The minimum absolute atomic E-state index is 0.0926. The van der Waals surface area contributed by atoms with Gasteiger partial charge in [0.15, 0.2) is 0 Å². The van der Waals surface area contributed by atoms with Crippen LogP contribution in [-0.2, 0) is 10.2 Å². The molecule has 2 N–H and O–H groups in total. The van der Waals surface area contributed by atoms with Gasteiger partial charge < -0.3 is 15.5 Å². The molecule has 1 saturated carbocycles. The standard InChI is InChI=1S/C21H30N4O2/c1-23(2)14-12-20(9-3-10-20)16-5-7-17(8-6-16)24-15-21(18(22)26)11-4-13-25(21)19(24)27/h5-8H,3-4,9-15H2,1-2H3,(H2,22,26)/t21-/m1/s1. The second-order valence-corrected chi connectivity index (χ2v) is 8.75. The summed E-state index contributed by atoms with van der Waals surface area (Å²) in [7, 11) is 4.24. The second-order valence-electron chi connectivity index (χ2n) is 8.75. The van der Waals surface area contributed by atoms with E-state index in [0.29, 0.717) is 19.5 Å². The number of nitrogens with two attached hydrogens (primary N) is 1. The summed E-state index contributed by atoms with van der Waals surface area (Å²) < 4.78 is 0. The van der Waals surface area contributed by atoms with Gasteiger partial charge in [0.2, 0.25) is 5.91 Å². The summed E-state index contributed by atoms with van der Waals surface area (Å²) in [5, 5.41) is 0. The van der Waals surface area contributed by atoms with Crippen molar-refractivity contribution in [1.29, 1.82) is 0 Å². The Labute approximate surface area is 161 Å². The number of amides is 3. The summed E-state index contributed by atoms with van der Waals surface area (Å²) in [5.41, 5.74) is 7.37. The number of nitrogens with zero attached hydrogens (tertiary/aromatic N) is 3. The van der Waals surface area contributed by atoms with Crippen LogP contribution in [0.15, 0.2) is 24.3 Å². The molecule has 3 fully saturated rings. The van der Waals surface area contributed by atoms with Crippen LogP contribution in [0.2, 0.25) is 0 Å². The predicted octanol–water partition coefficient (Wildman–Crippen LogP) is 2.32. The molecule has 1 aromatic carbocycles. The van der Waals surface area contributed by atoms with Gasteiger partial charge in [-0.15, -0.1) is 0 Å². The first-order valence-electron chi connectivity index (χ1n) is 10.0. The lowest BCUT2D eigenvalue weighted by Gasteiger charge is -2.43. The van der Waals surface area contributed by atoms with E-state index in [0.717, 1.165) is 18.7 Å². The number of carbonyl (C=O) groups is 2. The average molecular weight is 370 g/mol. The first-order valence-corrected chi connectivity index (χ1v) is 10.0. The van der Waals surface area contributed by atoms with Crippen LogP contribution in [0.25, 0.3) is 0 Å². The molecule has 0 unspecified atom stereocenters. The highest BCUT2D eigenvalue weighted by Gasteiger charge is 2.56. The summed E-state index contributed by atoms with van der Waals surface area (Å²) in [6, 6.07) is 8.35. The fraction of sp³-hybridized carbons (Fsp3) is 0.619. The van der Waals surface area contributed by atoms with Crippen LogP contribution < -0.4 is 10.6 Å². The molecule has 2 saturated heterocycles. The maximum atomic E-state index is 12.9. The van der Waals surface area contributed by atoms with Gasteiger partial charge in [-0.25, -0.2) is 4.79 Å². The molecular formula is C21H30N4O2. The molecule has 0 spiro atoms. The zero-order valence-electron chi connectivity index (χ0n) is 16.4. The molecular weight excluding hydrogens is 340 g/mol. The molecule has 27 heavy (non-hydrogen) atoms. The second kappa shape index (κ2) is 6.51. The van der Waals surface area contributed by atoms with Crippen LogP contribution in [-0.4, -0.2) is 61.0 Å². The Kier molecular flexibility index (Phi) is 4.41. The van der Waals surface area contributed by atoms with Gasteiger partial charge in [0.1, 0.15) is 5.54 Å². The summed E-state index contributed by atoms with van der Waals surface area (Å²) in [4.78, 5) is 30.6. The highest BCUT2D eigenvalue weighted by Crippen LogP contribution is 2.47. The number of hydrogen-bond acceptors (Lipinski definition) is 3. The van der Waals surface area contributed by atoms with Gasteiger partial charge in [-0.1, -0.05) is 18.6 Å². The van der Waals surface area contributed by atoms with Crippen molar-refractivity contribution in [2.45, 2.75) is 49.5 Å². The molecule has 4 rings (SSSR count). The van der Waals surface area contributed by atoms with Crippen LogP contribution in [0.1, 0.15) is 44.1 Å². The van der Waals surface area contributed by atoms with E-state index in [-0.39, 0.29) is 17.4 Å². The van der Waals surface area contributed by atoms with Crippen LogP contribution in [0.5, 0.6) is 0 Å². The molecule has 6 heteroatoms. The van der Waals surface area contributed by atoms with Crippen LogP contribution in [0, 0.1) is 0 Å². The minimum Gasteiger partial charge on any atom is -0.368 e. The number of benzene rings is 1. The summed E-state index contributed by atoms with van der Waals surface area (Å²) in [5.74, 6) is -0.385. The third-order valence-electron chi connectivity index (χ3n) is 6.97. The largest absolute Gasteiger partial charge is 0.368 e. The maximum Gasteiger partial charge on any atom is 0.325 e. The molecule has 146 valence electrons. The predicted molar refractivity (Wildman–Crippen MR) is 106 cm³/mol. The molecule has 1 aliphatic carbocycles. The van der Waals surface area contributed by atoms with Crippen LogP contribution >= 0.6 is 0 Å². The molecule has 2 heterocycles. The van der Waals surface area contributed by atoms with Crippen molar-refractivity contribution in [2.75, 3.05) is 38.6 Å². The third kappa shape index (κ3) is 2.81. The smallest absolute Gasteiger partial charge is 0.325 e. The maximum absolute atomic E-state index is 12.9. The fourth-order valence-electron chi connectivity index (χ4n) is 5.05. The summed E-state index contributed by atoms with van der Waals surface area (Å²) >= 11 is 0. The highest BCUT2D eigenvalue weighted by molar-refractivity contribution is 6.02. The molecule has 1 atom stereocenters. The number of primary amides is 1. The first kappa shape index (κ1) is 18.3. The zero-order chi connectivity index (χ0) is 19.2. The Balaban J connectivity index is 1.55. The number of urea groups is 1. The van der Waals surface area contributed by atoms with Gasteiger partial charge in [-0.3, -0.25) is 9.69 Å². The Hall–Kier alpha value is -2.08. The molecule has 0 aromatic heterocycles. The van der Waals surface area contributed by atoms with Crippen molar-refractivity contribution in [3.63, 3.8) is 0 Å². The molecule has 1 aromatic rings. The van der Waals surface area contributed by atoms with Gasteiger partial charge in [-0.2, -0.15) is 0 Å². The molecule has 2 aliphatic heterocycles. The van der Waals surface area contributed by atoms with Gasteiger partial charge in [0.05, 0.1) is 6.54 Å². The van der Waals surface area contributed by atoms with Gasteiger partial charge >= 0.3 is 6.03 Å². The number of fused-ring (bicyclic) bond motifs is 1. The first-order chi connectivity index (χ1) is 12.9. The van der Waals surface area contributed by atoms with Crippen LogP contribution in [0.3, 0.4) is 0 Å². The Morgan fingerprint density at radius 2 is 1.85 bits per heavy atom. The van der Waals surface area contributed by atoms with E-state index in [1.807, 2.05) is 12.1 Å². The molecule has 3 aliphatic rings. The van der Waals surface area contributed by atoms with Crippen molar-refractivity contribution in [1.82, 2.24) is 9.80 Å². The van der Waals surface area contributed by atoms with Crippen molar-refractivity contribution in [2.24, 2.45) is 5.73 Å². The lowest BCUT2D eigenvalue weighted by Crippen LogP contribution is -2.52. The normalized spacial score (nSPS) is 26.4.